The third kappa shape index (κ3) is 4.16. The molecule has 1 heterocycles. The van der Waals surface area contributed by atoms with Gasteiger partial charge in [0.15, 0.2) is 0 Å². The SMILES string of the molecule is Cc1cccc(NS(=O)(=O)c2cccc(C(=O)Nc3cccc4cccnc34)c2)c1. The van der Waals surface area contributed by atoms with Gasteiger partial charge < -0.3 is 5.32 Å². The molecule has 0 spiro atoms. The predicted octanol–water partition coefficient (Wildman–Crippen LogP) is 4.60. The fourth-order valence-corrected chi connectivity index (χ4v) is 4.22. The molecule has 0 aliphatic heterocycles. The monoisotopic (exact) mass is 417 g/mol. The summed E-state index contributed by atoms with van der Waals surface area (Å²) in [5, 5.41) is 3.72. The Labute approximate surface area is 174 Å². The molecule has 3 aromatic carbocycles. The second kappa shape index (κ2) is 7.96. The number of benzene rings is 3. The number of anilines is 2. The Hall–Kier alpha value is -3.71. The van der Waals surface area contributed by atoms with Crippen molar-refractivity contribution in [2.24, 2.45) is 0 Å². The first-order chi connectivity index (χ1) is 14.4. The second-order valence-electron chi connectivity index (χ2n) is 6.84. The highest BCUT2D eigenvalue weighted by atomic mass is 32.2. The fraction of sp³-hybridized carbons (Fsp3) is 0.0435. The molecule has 0 bridgehead atoms. The van der Waals surface area contributed by atoms with Crippen LogP contribution in [0.1, 0.15) is 15.9 Å². The van der Waals surface area contributed by atoms with Gasteiger partial charge in [0.05, 0.1) is 16.1 Å². The highest BCUT2D eigenvalue weighted by Crippen LogP contribution is 2.22. The molecule has 30 heavy (non-hydrogen) atoms. The molecule has 4 aromatic rings. The van der Waals surface area contributed by atoms with E-state index in [0.717, 1.165) is 10.9 Å². The first-order valence-corrected chi connectivity index (χ1v) is 10.8. The maximum Gasteiger partial charge on any atom is 0.261 e. The maximum atomic E-state index is 12.8. The van der Waals surface area contributed by atoms with E-state index >= 15 is 0 Å². The van der Waals surface area contributed by atoms with Crippen LogP contribution in [-0.4, -0.2) is 19.3 Å². The van der Waals surface area contributed by atoms with Gasteiger partial charge >= 0.3 is 0 Å². The van der Waals surface area contributed by atoms with Crippen molar-refractivity contribution in [3.05, 3.63) is 96.2 Å². The van der Waals surface area contributed by atoms with E-state index in [1.807, 2.05) is 37.3 Å². The lowest BCUT2D eigenvalue weighted by Gasteiger charge is -2.11. The van der Waals surface area contributed by atoms with Crippen molar-refractivity contribution in [1.29, 1.82) is 0 Å². The minimum Gasteiger partial charge on any atom is -0.320 e. The number of hydrogen-bond donors (Lipinski definition) is 2. The summed E-state index contributed by atoms with van der Waals surface area (Å²) >= 11 is 0. The Balaban J connectivity index is 1.60. The van der Waals surface area contributed by atoms with Gasteiger partial charge in [-0.3, -0.25) is 14.5 Å². The standard InChI is InChI=1S/C23H19N3O3S/c1-16-6-2-10-19(14-16)26-30(28,29)20-11-3-8-18(15-20)23(27)25-21-12-4-7-17-9-5-13-24-22(17)21/h2-15,26H,1H3,(H,25,27). The molecule has 0 saturated carbocycles. The molecule has 150 valence electrons. The van der Waals surface area contributed by atoms with Crippen LogP contribution in [0.4, 0.5) is 11.4 Å². The number of aromatic nitrogens is 1. The number of hydrogen-bond acceptors (Lipinski definition) is 4. The minimum absolute atomic E-state index is 0.00713. The van der Waals surface area contributed by atoms with Crippen molar-refractivity contribution < 1.29 is 13.2 Å². The highest BCUT2D eigenvalue weighted by molar-refractivity contribution is 7.92. The van der Waals surface area contributed by atoms with Gasteiger partial charge in [-0.25, -0.2) is 8.42 Å². The van der Waals surface area contributed by atoms with Gasteiger partial charge in [0.25, 0.3) is 15.9 Å². The maximum absolute atomic E-state index is 12.8. The Morgan fingerprint density at radius 1 is 0.900 bits per heavy atom. The average Bonchev–Trinajstić information content (AvgIpc) is 2.74. The molecule has 0 aliphatic carbocycles. The minimum atomic E-state index is -3.84. The summed E-state index contributed by atoms with van der Waals surface area (Å²) in [5.41, 5.74) is 2.86. The number of sulfonamides is 1. The fourth-order valence-electron chi connectivity index (χ4n) is 3.13. The summed E-state index contributed by atoms with van der Waals surface area (Å²) in [4.78, 5) is 17.1. The number of nitrogens with one attached hydrogen (secondary N) is 2. The van der Waals surface area contributed by atoms with Gasteiger partial charge in [-0.2, -0.15) is 0 Å². The molecule has 2 N–H and O–H groups in total. The summed E-state index contributed by atoms with van der Waals surface area (Å²) in [6.45, 7) is 1.88. The van der Waals surface area contributed by atoms with E-state index in [1.54, 1.807) is 42.6 Å². The quantitative estimate of drug-likeness (QED) is 0.497. The van der Waals surface area contributed by atoms with E-state index in [2.05, 4.69) is 15.0 Å². The molecule has 0 radical (unpaired) electrons. The lowest BCUT2D eigenvalue weighted by molar-refractivity contribution is 0.102. The molecule has 7 heteroatoms. The van der Waals surface area contributed by atoms with Gasteiger partial charge in [-0.15, -0.1) is 0 Å². The number of rotatable bonds is 5. The molecule has 0 saturated heterocycles. The third-order valence-electron chi connectivity index (χ3n) is 4.56. The van der Waals surface area contributed by atoms with Crippen LogP contribution in [0, 0.1) is 6.92 Å². The van der Waals surface area contributed by atoms with E-state index in [9.17, 15) is 13.2 Å². The molecule has 0 unspecified atom stereocenters. The lowest BCUT2D eigenvalue weighted by atomic mass is 10.1. The smallest absolute Gasteiger partial charge is 0.261 e. The molecule has 0 atom stereocenters. The number of pyridine rings is 1. The van der Waals surface area contributed by atoms with Crippen LogP contribution in [0.15, 0.2) is 90.0 Å². The zero-order valence-corrected chi connectivity index (χ0v) is 17.0. The molecule has 1 amide bonds. The van der Waals surface area contributed by atoms with Crippen molar-refractivity contribution in [3.63, 3.8) is 0 Å². The van der Waals surface area contributed by atoms with Crippen LogP contribution in [-0.2, 0) is 10.0 Å². The number of aryl methyl sites for hydroxylation is 1. The Morgan fingerprint density at radius 2 is 1.67 bits per heavy atom. The number of carbonyl (C=O) groups excluding carboxylic acids is 1. The summed E-state index contributed by atoms with van der Waals surface area (Å²) in [5.74, 6) is -0.416. The Bertz CT molecular complexity index is 1350. The Kier molecular flexibility index (Phi) is 5.20. The van der Waals surface area contributed by atoms with Crippen molar-refractivity contribution >= 4 is 38.2 Å². The van der Waals surface area contributed by atoms with Crippen LogP contribution in [0.5, 0.6) is 0 Å². The second-order valence-corrected chi connectivity index (χ2v) is 8.52. The molecule has 6 nitrogen and oxygen atoms in total. The Morgan fingerprint density at radius 3 is 2.50 bits per heavy atom. The first-order valence-electron chi connectivity index (χ1n) is 9.27. The molecule has 0 fully saturated rings. The molecule has 1 aromatic heterocycles. The third-order valence-corrected chi connectivity index (χ3v) is 5.94. The number of carbonyl (C=O) groups is 1. The van der Waals surface area contributed by atoms with Gasteiger partial charge in [0, 0.05) is 22.8 Å². The number of fused-ring (bicyclic) bond motifs is 1. The van der Waals surface area contributed by atoms with Gasteiger partial charge in [0.1, 0.15) is 0 Å². The van der Waals surface area contributed by atoms with Crippen molar-refractivity contribution in [1.82, 2.24) is 4.98 Å². The first kappa shape index (κ1) is 19.6. The van der Waals surface area contributed by atoms with E-state index in [-0.39, 0.29) is 10.5 Å². The molecular formula is C23H19N3O3S. The van der Waals surface area contributed by atoms with Crippen LogP contribution < -0.4 is 10.0 Å². The van der Waals surface area contributed by atoms with Crippen LogP contribution in [0.2, 0.25) is 0 Å². The summed E-state index contributed by atoms with van der Waals surface area (Å²) in [6, 6.07) is 22.2. The van der Waals surface area contributed by atoms with E-state index in [0.29, 0.717) is 16.9 Å². The van der Waals surface area contributed by atoms with E-state index < -0.39 is 15.9 Å². The molecule has 0 aliphatic rings. The normalized spacial score (nSPS) is 11.2. The zero-order chi connectivity index (χ0) is 21.1. The van der Waals surface area contributed by atoms with Crippen LogP contribution in [0.25, 0.3) is 10.9 Å². The zero-order valence-electron chi connectivity index (χ0n) is 16.2. The highest BCUT2D eigenvalue weighted by Gasteiger charge is 2.17. The predicted molar refractivity (Wildman–Crippen MR) is 118 cm³/mol. The lowest BCUT2D eigenvalue weighted by Crippen LogP contribution is -2.16. The average molecular weight is 417 g/mol. The molecular weight excluding hydrogens is 398 g/mol. The van der Waals surface area contributed by atoms with E-state index in [1.165, 1.54) is 12.1 Å². The number of nitrogens with zero attached hydrogens (tertiary/aromatic N) is 1. The van der Waals surface area contributed by atoms with Gasteiger partial charge in [0.2, 0.25) is 0 Å². The molecule has 4 rings (SSSR count). The van der Waals surface area contributed by atoms with Gasteiger partial charge in [-0.05, 0) is 55.0 Å². The van der Waals surface area contributed by atoms with Crippen LogP contribution in [0.3, 0.4) is 0 Å². The van der Waals surface area contributed by atoms with Crippen molar-refractivity contribution in [2.45, 2.75) is 11.8 Å². The summed E-state index contributed by atoms with van der Waals surface area (Å²) in [6.07, 6.45) is 1.65. The summed E-state index contributed by atoms with van der Waals surface area (Å²) < 4.78 is 28.1. The largest absolute Gasteiger partial charge is 0.320 e. The number of amides is 1. The van der Waals surface area contributed by atoms with E-state index in [4.69, 9.17) is 0 Å². The summed E-state index contributed by atoms with van der Waals surface area (Å²) in [7, 11) is -3.84. The van der Waals surface area contributed by atoms with Crippen molar-refractivity contribution in [3.8, 4) is 0 Å². The number of para-hydroxylation sites is 1. The topological polar surface area (TPSA) is 88.2 Å². The van der Waals surface area contributed by atoms with Gasteiger partial charge in [-0.1, -0.05) is 36.4 Å². The van der Waals surface area contributed by atoms with Crippen molar-refractivity contribution in [2.75, 3.05) is 10.0 Å². The van der Waals surface area contributed by atoms with Crippen LogP contribution >= 0.6 is 0 Å².